The molecule has 0 bridgehead atoms. The molecule has 3 aromatic carbocycles. The number of rotatable bonds is 9. The van der Waals surface area contributed by atoms with Crippen molar-refractivity contribution in [3.63, 3.8) is 0 Å². The van der Waals surface area contributed by atoms with Crippen LogP contribution in [0.2, 0.25) is 10.0 Å². The average Bonchev–Trinajstić information content (AvgIpc) is 3.27. The number of hydrogen-bond donors (Lipinski definition) is 0. The minimum Gasteiger partial charge on any atom is -0.464 e. The van der Waals surface area contributed by atoms with Gasteiger partial charge in [0.15, 0.2) is 0 Å². The molecule has 0 saturated heterocycles. The summed E-state index contributed by atoms with van der Waals surface area (Å²) in [5, 5.41) is 5.81. The van der Waals surface area contributed by atoms with Gasteiger partial charge in [-0.15, -0.1) is 0 Å². The van der Waals surface area contributed by atoms with Crippen molar-refractivity contribution in [2.45, 2.75) is 31.6 Å². The van der Waals surface area contributed by atoms with E-state index in [4.69, 9.17) is 32.5 Å². The number of aryl methyl sites for hydroxylation is 1. The Labute approximate surface area is 218 Å². The highest BCUT2D eigenvalue weighted by molar-refractivity contribution is 7.92. The summed E-state index contributed by atoms with van der Waals surface area (Å²) in [5.41, 5.74) is 0.999. The quantitative estimate of drug-likeness (QED) is 0.186. The van der Waals surface area contributed by atoms with E-state index in [2.05, 4.69) is 10.1 Å². The van der Waals surface area contributed by atoms with Crippen LogP contribution in [0.25, 0.3) is 22.2 Å². The minimum atomic E-state index is -4.23. The molecule has 0 unspecified atom stereocenters. The van der Waals surface area contributed by atoms with Crippen molar-refractivity contribution in [2.75, 3.05) is 17.5 Å². The molecule has 0 saturated carbocycles. The van der Waals surface area contributed by atoms with E-state index in [1.165, 1.54) is 18.2 Å². The number of carbonyl (C=O) groups excluding carboxylic acids is 1. The molecule has 8 nitrogen and oxygen atoms in total. The largest absolute Gasteiger partial charge is 0.464 e. The molecule has 0 amide bonds. The second-order valence-electron chi connectivity index (χ2n) is 8.04. The lowest BCUT2D eigenvalue weighted by Crippen LogP contribution is -2.36. The first-order chi connectivity index (χ1) is 17.2. The summed E-state index contributed by atoms with van der Waals surface area (Å²) in [7, 11) is -4.23. The molecule has 0 aliphatic carbocycles. The number of aromatic nitrogens is 2. The van der Waals surface area contributed by atoms with Crippen LogP contribution in [0.15, 0.2) is 64.0 Å². The van der Waals surface area contributed by atoms with Gasteiger partial charge in [0.25, 0.3) is 10.0 Å². The number of unbranched alkanes of at least 4 members (excludes halogenated alkanes) is 1. The van der Waals surface area contributed by atoms with E-state index in [9.17, 15) is 13.2 Å². The molecule has 1 aromatic heterocycles. The van der Waals surface area contributed by atoms with Gasteiger partial charge in [-0.05, 0) is 47.5 Å². The Morgan fingerprint density at radius 1 is 1.08 bits per heavy atom. The fourth-order valence-electron chi connectivity index (χ4n) is 3.64. The first-order valence-electron chi connectivity index (χ1n) is 11.2. The molecule has 0 N–H and O–H groups in total. The van der Waals surface area contributed by atoms with Gasteiger partial charge in [-0.2, -0.15) is 4.98 Å². The van der Waals surface area contributed by atoms with Gasteiger partial charge in [0, 0.05) is 22.5 Å². The molecule has 0 atom stereocenters. The lowest BCUT2D eigenvalue weighted by molar-refractivity contribution is -0.141. The number of anilines is 1. The molecule has 36 heavy (non-hydrogen) atoms. The van der Waals surface area contributed by atoms with Crippen molar-refractivity contribution in [3.8, 4) is 11.4 Å². The van der Waals surface area contributed by atoms with Crippen LogP contribution in [0, 0.1) is 6.92 Å². The maximum Gasteiger partial charge on any atom is 0.326 e. The van der Waals surface area contributed by atoms with Crippen molar-refractivity contribution in [1.82, 2.24) is 10.1 Å². The molecule has 0 aliphatic heterocycles. The van der Waals surface area contributed by atoms with Crippen LogP contribution in [0.3, 0.4) is 0 Å². The van der Waals surface area contributed by atoms with E-state index in [-0.39, 0.29) is 27.2 Å². The van der Waals surface area contributed by atoms with Crippen molar-refractivity contribution < 1.29 is 22.5 Å². The summed E-state index contributed by atoms with van der Waals surface area (Å²) in [6, 6.07) is 14.5. The number of carbonyl (C=O) groups is 1. The molecular formula is C25H23Cl2N3O5S. The van der Waals surface area contributed by atoms with Crippen molar-refractivity contribution in [2.24, 2.45) is 0 Å². The molecule has 1 heterocycles. The maximum absolute atomic E-state index is 13.7. The average molecular weight is 548 g/mol. The van der Waals surface area contributed by atoms with E-state index in [1.807, 2.05) is 25.1 Å². The number of nitrogens with zero attached hydrogens (tertiary/aromatic N) is 3. The van der Waals surface area contributed by atoms with Gasteiger partial charge in [0.05, 0.1) is 17.2 Å². The number of sulfonamides is 1. The Kier molecular flexibility index (Phi) is 7.82. The third-order valence-electron chi connectivity index (χ3n) is 5.38. The Balaban J connectivity index is 1.79. The molecule has 188 valence electrons. The highest BCUT2D eigenvalue weighted by atomic mass is 35.5. The Morgan fingerprint density at radius 3 is 2.50 bits per heavy atom. The molecule has 0 radical (unpaired) electrons. The maximum atomic E-state index is 13.7. The van der Waals surface area contributed by atoms with Gasteiger partial charge < -0.3 is 9.26 Å². The van der Waals surface area contributed by atoms with Crippen molar-refractivity contribution >= 4 is 55.7 Å². The van der Waals surface area contributed by atoms with Gasteiger partial charge >= 0.3 is 5.97 Å². The summed E-state index contributed by atoms with van der Waals surface area (Å²) >= 11 is 12.1. The zero-order valence-electron chi connectivity index (χ0n) is 19.6. The third-order valence-corrected chi connectivity index (χ3v) is 7.57. The summed E-state index contributed by atoms with van der Waals surface area (Å²) in [5.74, 6) is 0.178. The molecule has 4 aromatic rings. The number of fused-ring (bicyclic) bond motifs is 1. The minimum absolute atomic E-state index is 0.141. The third kappa shape index (κ3) is 5.64. The predicted octanol–water partition coefficient (Wildman–Crippen LogP) is 6.04. The Morgan fingerprint density at radius 2 is 1.83 bits per heavy atom. The predicted molar refractivity (Wildman–Crippen MR) is 139 cm³/mol. The van der Waals surface area contributed by atoms with Crippen LogP contribution >= 0.6 is 23.2 Å². The normalized spacial score (nSPS) is 11.6. The smallest absolute Gasteiger partial charge is 0.326 e. The number of benzene rings is 3. The van der Waals surface area contributed by atoms with E-state index >= 15 is 0 Å². The number of ether oxygens (including phenoxy) is 1. The van der Waals surface area contributed by atoms with Gasteiger partial charge in [-0.3, -0.25) is 9.10 Å². The van der Waals surface area contributed by atoms with Gasteiger partial charge in [-0.25, -0.2) is 8.42 Å². The number of esters is 1. The summed E-state index contributed by atoms with van der Waals surface area (Å²) < 4.78 is 38.8. The van der Waals surface area contributed by atoms with E-state index in [0.29, 0.717) is 18.1 Å². The second-order valence-corrected chi connectivity index (χ2v) is 10.8. The van der Waals surface area contributed by atoms with Crippen LogP contribution in [0.4, 0.5) is 5.69 Å². The van der Waals surface area contributed by atoms with Crippen molar-refractivity contribution in [3.05, 3.63) is 70.5 Å². The lowest BCUT2D eigenvalue weighted by atomic mass is 10.0. The highest BCUT2D eigenvalue weighted by Gasteiger charge is 2.29. The molecule has 0 fully saturated rings. The van der Waals surface area contributed by atoms with E-state index < -0.39 is 22.5 Å². The van der Waals surface area contributed by atoms with Crippen LogP contribution in [-0.4, -0.2) is 37.7 Å². The molecule has 0 aliphatic rings. The number of halogens is 2. The monoisotopic (exact) mass is 547 g/mol. The van der Waals surface area contributed by atoms with E-state index in [1.54, 1.807) is 25.1 Å². The van der Waals surface area contributed by atoms with E-state index in [0.717, 1.165) is 27.1 Å². The Hall–Kier alpha value is -3.14. The SMILES string of the molecule is CCCCOC(=O)CN(c1ccc2c(-c3noc(C)n3)cccc2c1)S(=O)(=O)c1cc(Cl)cc(Cl)c1. The standard InChI is InChI=1S/C25H23Cl2N3O5S/c1-3-4-10-34-24(31)15-30(36(32,33)21-13-18(26)12-19(27)14-21)20-8-9-22-17(11-20)6-5-7-23(22)25-28-16(2)35-29-25/h5-9,11-14H,3-4,10,15H2,1-2H3. The number of hydrogen-bond acceptors (Lipinski definition) is 7. The summed E-state index contributed by atoms with van der Waals surface area (Å²) in [6.07, 6.45) is 1.51. The van der Waals surface area contributed by atoms with Crippen LogP contribution in [0.5, 0.6) is 0 Å². The van der Waals surface area contributed by atoms with Crippen LogP contribution < -0.4 is 4.31 Å². The molecule has 0 spiro atoms. The highest BCUT2D eigenvalue weighted by Crippen LogP contribution is 2.33. The zero-order chi connectivity index (χ0) is 25.9. The lowest BCUT2D eigenvalue weighted by Gasteiger charge is -2.24. The topological polar surface area (TPSA) is 103 Å². The van der Waals surface area contributed by atoms with Gasteiger partial charge in [0.2, 0.25) is 11.7 Å². The van der Waals surface area contributed by atoms with Crippen LogP contribution in [-0.2, 0) is 19.6 Å². The molecule has 4 rings (SSSR count). The molecular weight excluding hydrogens is 525 g/mol. The van der Waals surface area contributed by atoms with Crippen LogP contribution in [0.1, 0.15) is 25.7 Å². The fourth-order valence-corrected chi connectivity index (χ4v) is 5.77. The Bertz CT molecular complexity index is 1500. The first-order valence-corrected chi connectivity index (χ1v) is 13.4. The summed E-state index contributed by atoms with van der Waals surface area (Å²) in [6.45, 7) is 3.35. The summed E-state index contributed by atoms with van der Waals surface area (Å²) in [4.78, 5) is 16.8. The molecule has 11 heteroatoms. The fraction of sp³-hybridized carbons (Fsp3) is 0.240. The van der Waals surface area contributed by atoms with Crippen molar-refractivity contribution in [1.29, 1.82) is 0 Å². The zero-order valence-corrected chi connectivity index (χ0v) is 21.9. The van der Waals surface area contributed by atoms with Gasteiger partial charge in [0.1, 0.15) is 6.54 Å². The second kappa shape index (κ2) is 10.9. The first kappa shape index (κ1) is 25.9. The van der Waals surface area contributed by atoms with Gasteiger partial charge in [-0.1, -0.05) is 66.0 Å².